The van der Waals surface area contributed by atoms with Gasteiger partial charge in [0, 0.05) is 19.3 Å². The van der Waals surface area contributed by atoms with Crippen LogP contribution in [0.3, 0.4) is 0 Å². The van der Waals surface area contributed by atoms with Crippen molar-refractivity contribution in [3.8, 4) is 10.7 Å². The van der Waals surface area contributed by atoms with Gasteiger partial charge in [-0.3, -0.25) is 4.98 Å². The van der Waals surface area contributed by atoms with Gasteiger partial charge in [-0.15, -0.1) is 10.2 Å². The highest BCUT2D eigenvalue weighted by Gasteiger charge is 2.32. The predicted octanol–water partition coefficient (Wildman–Crippen LogP) is 2.60. The van der Waals surface area contributed by atoms with E-state index in [9.17, 15) is 0 Å². The van der Waals surface area contributed by atoms with Crippen LogP contribution in [0.5, 0.6) is 0 Å². The molecular weight excluding hydrogens is 272 g/mol. The van der Waals surface area contributed by atoms with E-state index < -0.39 is 0 Å². The van der Waals surface area contributed by atoms with Gasteiger partial charge in [-0.05, 0) is 32.9 Å². The monoisotopic (exact) mass is 290 g/mol. The first kappa shape index (κ1) is 13.5. The summed E-state index contributed by atoms with van der Waals surface area (Å²) in [6, 6.07) is 5.82. The number of morpholine rings is 1. The fourth-order valence-corrected chi connectivity index (χ4v) is 3.37. The Morgan fingerprint density at radius 3 is 2.90 bits per heavy atom. The molecule has 0 amide bonds. The quantitative estimate of drug-likeness (QED) is 0.851. The maximum Gasteiger partial charge on any atom is 0.208 e. The molecule has 0 bridgehead atoms. The molecule has 0 unspecified atom stereocenters. The lowest BCUT2D eigenvalue weighted by atomic mass is 10.1. The summed E-state index contributed by atoms with van der Waals surface area (Å²) in [4.78, 5) is 6.56. The molecule has 2 aromatic rings. The average Bonchev–Trinajstić information content (AvgIpc) is 2.87. The number of hydrogen-bond donors (Lipinski definition) is 0. The smallest absolute Gasteiger partial charge is 0.208 e. The van der Waals surface area contributed by atoms with E-state index in [1.165, 1.54) is 0 Å². The standard InChI is InChI=1S/C14H18N4OS/c1-10-8-18(9-14(2,3)19-10)13-17-16-12(20-13)11-6-4-5-7-15-11/h4-7,10H,8-9H2,1-3H3/t10-/m0/s1. The second-order valence-electron chi connectivity index (χ2n) is 5.67. The van der Waals surface area contributed by atoms with E-state index in [1.807, 2.05) is 18.2 Å². The van der Waals surface area contributed by atoms with Crippen LogP contribution < -0.4 is 4.90 Å². The third-order valence-corrected chi connectivity index (χ3v) is 4.14. The highest BCUT2D eigenvalue weighted by atomic mass is 32.1. The van der Waals surface area contributed by atoms with Crippen LogP contribution in [0, 0.1) is 0 Å². The minimum atomic E-state index is -0.158. The summed E-state index contributed by atoms with van der Waals surface area (Å²) in [5, 5.41) is 10.4. The van der Waals surface area contributed by atoms with Gasteiger partial charge in [0.15, 0.2) is 5.01 Å². The molecule has 1 atom stereocenters. The highest BCUT2D eigenvalue weighted by Crippen LogP contribution is 2.31. The fraction of sp³-hybridized carbons (Fsp3) is 0.500. The van der Waals surface area contributed by atoms with Crippen molar-refractivity contribution < 1.29 is 4.74 Å². The lowest BCUT2D eigenvalue weighted by Crippen LogP contribution is -2.52. The van der Waals surface area contributed by atoms with Gasteiger partial charge in [-0.2, -0.15) is 0 Å². The zero-order valence-electron chi connectivity index (χ0n) is 11.9. The van der Waals surface area contributed by atoms with Gasteiger partial charge < -0.3 is 9.64 Å². The molecule has 1 fully saturated rings. The molecule has 3 heterocycles. The Labute approximate surface area is 122 Å². The minimum absolute atomic E-state index is 0.158. The Hall–Kier alpha value is -1.53. The van der Waals surface area contributed by atoms with Crippen molar-refractivity contribution >= 4 is 16.5 Å². The van der Waals surface area contributed by atoms with E-state index in [0.717, 1.165) is 28.9 Å². The SMILES string of the molecule is C[C@H]1CN(c2nnc(-c3ccccn3)s2)CC(C)(C)O1. The van der Waals surface area contributed by atoms with Crippen molar-refractivity contribution in [2.24, 2.45) is 0 Å². The fourth-order valence-electron chi connectivity index (χ4n) is 2.54. The summed E-state index contributed by atoms with van der Waals surface area (Å²) in [6.45, 7) is 7.98. The minimum Gasteiger partial charge on any atom is -0.369 e. The first-order valence-corrected chi connectivity index (χ1v) is 7.53. The van der Waals surface area contributed by atoms with Gasteiger partial charge in [0.05, 0.1) is 11.7 Å². The van der Waals surface area contributed by atoms with Gasteiger partial charge >= 0.3 is 0 Å². The first-order valence-electron chi connectivity index (χ1n) is 6.71. The maximum absolute atomic E-state index is 5.92. The first-order chi connectivity index (χ1) is 9.53. The van der Waals surface area contributed by atoms with Crippen LogP contribution in [0.1, 0.15) is 20.8 Å². The van der Waals surface area contributed by atoms with Gasteiger partial charge in [-0.25, -0.2) is 0 Å². The molecule has 0 N–H and O–H groups in total. The van der Waals surface area contributed by atoms with Gasteiger partial charge in [0.25, 0.3) is 0 Å². The Morgan fingerprint density at radius 1 is 1.35 bits per heavy atom. The van der Waals surface area contributed by atoms with Gasteiger partial charge in [-0.1, -0.05) is 17.4 Å². The molecule has 0 saturated carbocycles. The highest BCUT2D eigenvalue weighted by molar-refractivity contribution is 7.18. The third kappa shape index (κ3) is 2.81. The lowest BCUT2D eigenvalue weighted by molar-refractivity contribution is -0.0750. The Balaban J connectivity index is 1.83. The van der Waals surface area contributed by atoms with Gasteiger partial charge in [0.2, 0.25) is 5.13 Å². The molecule has 2 aromatic heterocycles. The summed E-state index contributed by atoms with van der Waals surface area (Å²) in [6.07, 6.45) is 1.97. The van der Waals surface area contributed by atoms with Crippen molar-refractivity contribution in [1.29, 1.82) is 0 Å². The summed E-state index contributed by atoms with van der Waals surface area (Å²) in [5.41, 5.74) is 0.714. The topological polar surface area (TPSA) is 51.1 Å². The Kier molecular flexibility index (Phi) is 3.43. The van der Waals surface area contributed by atoms with Crippen LogP contribution >= 0.6 is 11.3 Å². The van der Waals surface area contributed by atoms with E-state index in [-0.39, 0.29) is 11.7 Å². The number of aromatic nitrogens is 3. The van der Waals surface area contributed by atoms with Crippen LogP contribution in [0.4, 0.5) is 5.13 Å². The third-order valence-electron chi connectivity index (χ3n) is 3.14. The number of nitrogens with zero attached hydrogens (tertiary/aromatic N) is 4. The average molecular weight is 290 g/mol. The van der Waals surface area contributed by atoms with E-state index in [1.54, 1.807) is 17.5 Å². The predicted molar refractivity (Wildman–Crippen MR) is 80.0 cm³/mol. The van der Waals surface area contributed by atoms with Crippen LogP contribution in [0.15, 0.2) is 24.4 Å². The molecule has 0 spiro atoms. The number of anilines is 1. The van der Waals surface area contributed by atoms with Crippen LogP contribution in [0.25, 0.3) is 10.7 Å². The molecule has 5 nitrogen and oxygen atoms in total. The van der Waals surface area contributed by atoms with Crippen molar-refractivity contribution in [1.82, 2.24) is 15.2 Å². The number of ether oxygens (including phenoxy) is 1. The summed E-state index contributed by atoms with van der Waals surface area (Å²) < 4.78 is 5.92. The molecular formula is C14H18N4OS. The number of pyridine rings is 1. The number of hydrogen-bond acceptors (Lipinski definition) is 6. The van der Waals surface area contributed by atoms with Crippen LogP contribution in [-0.4, -0.2) is 40.0 Å². The maximum atomic E-state index is 5.92. The zero-order valence-corrected chi connectivity index (χ0v) is 12.7. The zero-order chi connectivity index (χ0) is 14.2. The lowest BCUT2D eigenvalue weighted by Gasteiger charge is -2.41. The van der Waals surface area contributed by atoms with Crippen molar-refractivity contribution in [3.63, 3.8) is 0 Å². The summed E-state index contributed by atoms with van der Waals surface area (Å²) in [7, 11) is 0. The molecule has 0 aromatic carbocycles. The largest absolute Gasteiger partial charge is 0.369 e. The molecule has 1 saturated heterocycles. The van der Waals surface area contributed by atoms with Gasteiger partial charge in [0.1, 0.15) is 5.69 Å². The summed E-state index contributed by atoms with van der Waals surface area (Å²) in [5.74, 6) is 0. The van der Waals surface area contributed by atoms with Crippen LogP contribution in [0.2, 0.25) is 0 Å². The Bertz CT molecular complexity index is 584. The van der Waals surface area contributed by atoms with Crippen LogP contribution in [-0.2, 0) is 4.74 Å². The molecule has 106 valence electrons. The van der Waals surface area contributed by atoms with E-state index >= 15 is 0 Å². The second kappa shape index (κ2) is 5.10. The second-order valence-corrected chi connectivity index (χ2v) is 6.63. The summed E-state index contributed by atoms with van der Waals surface area (Å²) >= 11 is 1.58. The van der Waals surface area contributed by atoms with E-state index in [0.29, 0.717) is 0 Å². The molecule has 20 heavy (non-hydrogen) atoms. The van der Waals surface area contributed by atoms with Crippen molar-refractivity contribution in [2.45, 2.75) is 32.5 Å². The molecule has 0 aliphatic carbocycles. The normalized spacial score (nSPS) is 21.9. The van der Waals surface area contributed by atoms with Crippen molar-refractivity contribution in [2.75, 3.05) is 18.0 Å². The van der Waals surface area contributed by atoms with Crippen molar-refractivity contribution in [3.05, 3.63) is 24.4 Å². The molecule has 3 rings (SSSR count). The molecule has 6 heteroatoms. The molecule has 1 aliphatic heterocycles. The Morgan fingerprint density at radius 2 is 2.20 bits per heavy atom. The molecule has 1 aliphatic rings. The number of rotatable bonds is 2. The van der Waals surface area contributed by atoms with E-state index in [2.05, 4.69) is 40.9 Å². The van der Waals surface area contributed by atoms with E-state index in [4.69, 9.17) is 4.74 Å². The molecule has 0 radical (unpaired) electrons.